The van der Waals surface area contributed by atoms with Gasteiger partial charge in [-0.1, -0.05) is 0 Å². The van der Waals surface area contributed by atoms with E-state index in [0.29, 0.717) is 13.2 Å². The van der Waals surface area contributed by atoms with Gasteiger partial charge in [-0.2, -0.15) is 5.26 Å². The molecule has 0 aliphatic rings. The quantitative estimate of drug-likeness (QED) is 0.789. The van der Waals surface area contributed by atoms with E-state index >= 15 is 0 Å². The fourth-order valence-corrected chi connectivity index (χ4v) is 1.58. The third kappa shape index (κ3) is 4.23. The number of rotatable bonds is 6. The molecule has 0 fully saturated rings. The number of carbonyl (C=O) groups is 1. The maximum atomic E-state index is 13.7. The monoisotopic (exact) mass is 265 g/mol. The molecule has 0 saturated heterocycles. The summed E-state index contributed by atoms with van der Waals surface area (Å²) in [6, 6.07) is 5.87. The number of anilines is 1. The first kappa shape index (κ1) is 14.9. The Morgan fingerprint density at radius 2 is 2.26 bits per heavy atom. The number of nitrogen functional groups attached to an aromatic ring is 1. The Labute approximate surface area is 111 Å². The van der Waals surface area contributed by atoms with Crippen LogP contribution in [0, 0.1) is 17.1 Å². The SMILES string of the molecule is COCCN(CCC#N)C(=O)c1ccc(N)cc1F. The van der Waals surface area contributed by atoms with Gasteiger partial charge in [0.15, 0.2) is 0 Å². The number of ether oxygens (including phenoxy) is 1. The molecule has 0 aliphatic heterocycles. The summed E-state index contributed by atoms with van der Waals surface area (Å²) in [7, 11) is 1.51. The van der Waals surface area contributed by atoms with Crippen LogP contribution in [0.2, 0.25) is 0 Å². The van der Waals surface area contributed by atoms with Crippen molar-refractivity contribution in [3.63, 3.8) is 0 Å². The third-order valence-corrected chi connectivity index (χ3v) is 2.57. The topological polar surface area (TPSA) is 79.3 Å². The number of hydrogen-bond donors (Lipinski definition) is 1. The van der Waals surface area contributed by atoms with Gasteiger partial charge in [0, 0.05) is 25.9 Å². The molecule has 1 aromatic rings. The Kier molecular flexibility index (Phi) is 5.76. The maximum Gasteiger partial charge on any atom is 0.256 e. The first-order chi connectivity index (χ1) is 9.10. The standard InChI is InChI=1S/C13H16FN3O2/c1-19-8-7-17(6-2-5-15)13(18)11-4-3-10(16)9-12(11)14/h3-4,9H,2,6-8,16H2,1H3. The molecule has 2 N–H and O–H groups in total. The average Bonchev–Trinajstić information content (AvgIpc) is 2.38. The van der Waals surface area contributed by atoms with Gasteiger partial charge in [0.05, 0.1) is 24.7 Å². The first-order valence-electron chi connectivity index (χ1n) is 5.80. The number of amides is 1. The molecule has 0 aromatic heterocycles. The van der Waals surface area contributed by atoms with Crippen LogP contribution >= 0.6 is 0 Å². The third-order valence-electron chi connectivity index (χ3n) is 2.57. The fraction of sp³-hybridized carbons (Fsp3) is 0.385. The van der Waals surface area contributed by atoms with Crippen molar-refractivity contribution < 1.29 is 13.9 Å². The lowest BCUT2D eigenvalue weighted by Gasteiger charge is -2.21. The summed E-state index contributed by atoms with van der Waals surface area (Å²) in [5.74, 6) is -1.13. The minimum absolute atomic E-state index is 0.0526. The Hall–Kier alpha value is -2.13. The number of benzene rings is 1. The summed E-state index contributed by atoms with van der Waals surface area (Å²) in [5.41, 5.74) is 5.64. The van der Waals surface area contributed by atoms with Crippen molar-refractivity contribution in [3.8, 4) is 6.07 Å². The molecule has 1 rings (SSSR count). The van der Waals surface area contributed by atoms with E-state index in [1.54, 1.807) is 0 Å². The molecule has 19 heavy (non-hydrogen) atoms. The number of methoxy groups -OCH3 is 1. The Morgan fingerprint density at radius 3 is 2.84 bits per heavy atom. The summed E-state index contributed by atoms with van der Waals surface area (Å²) in [6.45, 7) is 0.872. The Bertz CT molecular complexity index is 485. The van der Waals surface area contributed by atoms with Crippen LogP contribution in [-0.2, 0) is 4.74 Å². The number of halogens is 1. The molecular weight excluding hydrogens is 249 g/mol. The van der Waals surface area contributed by atoms with Crippen molar-refractivity contribution >= 4 is 11.6 Å². The van der Waals surface area contributed by atoms with Gasteiger partial charge in [-0.05, 0) is 18.2 Å². The van der Waals surface area contributed by atoms with E-state index in [2.05, 4.69) is 0 Å². The van der Waals surface area contributed by atoms with Crippen LogP contribution < -0.4 is 5.73 Å². The maximum absolute atomic E-state index is 13.7. The highest BCUT2D eigenvalue weighted by molar-refractivity contribution is 5.94. The van der Waals surface area contributed by atoms with Gasteiger partial charge in [0.1, 0.15) is 5.82 Å². The van der Waals surface area contributed by atoms with E-state index in [0.717, 1.165) is 6.07 Å². The molecule has 0 spiro atoms. The van der Waals surface area contributed by atoms with E-state index in [1.165, 1.54) is 24.1 Å². The number of nitrogens with zero attached hydrogens (tertiary/aromatic N) is 2. The molecule has 1 amide bonds. The van der Waals surface area contributed by atoms with Gasteiger partial charge in [-0.15, -0.1) is 0 Å². The number of nitriles is 1. The van der Waals surface area contributed by atoms with Crippen molar-refractivity contribution in [1.29, 1.82) is 5.26 Å². The molecule has 6 heteroatoms. The van der Waals surface area contributed by atoms with Crippen molar-refractivity contribution in [2.75, 3.05) is 32.5 Å². The molecule has 1 aromatic carbocycles. The second-order valence-corrected chi connectivity index (χ2v) is 3.93. The van der Waals surface area contributed by atoms with E-state index in [-0.39, 0.29) is 24.2 Å². The number of carbonyl (C=O) groups excluding carboxylic acids is 1. The summed E-state index contributed by atoms with van der Waals surface area (Å²) in [6.07, 6.45) is 0.187. The zero-order valence-corrected chi connectivity index (χ0v) is 10.7. The highest BCUT2D eigenvalue weighted by Gasteiger charge is 2.18. The minimum atomic E-state index is -0.663. The Balaban J connectivity index is 2.88. The van der Waals surface area contributed by atoms with Gasteiger partial charge in [0.2, 0.25) is 0 Å². The molecular formula is C13H16FN3O2. The van der Waals surface area contributed by atoms with Crippen LogP contribution in [0.15, 0.2) is 18.2 Å². The molecule has 0 saturated carbocycles. The van der Waals surface area contributed by atoms with Crippen molar-refractivity contribution in [2.24, 2.45) is 0 Å². The normalized spacial score (nSPS) is 9.95. The fourth-order valence-electron chi connectivity index (χ4n) is 1.58. The largest absolute Gasteiger partial charge is 0.399 e. The smallest absolute Gasteiger partial charge is 0.256 e. The van der Waals surface area contributed by atoms with Gasteiger partial charge in [-0.3, -0.25) is 4.79 Å². The Morgan fingerprint density at radius 1 is 1.53 bits per heavy atom. The van der Waals surface area contributed by atoms with Crippen LogP contribution in [0.1, 0.15) is 16.8 Å². The zero-order valence-electron chi connectivity index (χ0n) is 10.7. The molecule has 0 bridgehead atoms. The van der Waals surface area contributed by atoms with E-state index in [1.807, 2.05) is 6.07 Å². The van der Waals surface area contributed by atoms with Crippen LogP contribution in [0.3, 0.4) is 0 Å². The van der Waals surface area contributed by atoms with Gasteiger partial charge >= 0.3 is 0 Å². The summed E-state index contributed by atoms with van der Waals surface area (Å²) in [5, 5.41) is 8.57. The van der Waals surface area contributed by atoms with Crippen molar-refractivity contribution in [1.82, 2.24) is 4.90 Å². The minimum Gasteiger partial charge on any atom is -0.399 e. The predicted octanol–water partition coefficient (Wildman–Crippen LogP) is 1.41. The molecule has 0 heterocycles. The highest BCUT2D eigenvalue weighted by Crippen LogP contribution is 2.14. The summed E-state index contributed by atoms with van der Waals surface area (Å²) >= 11 is 0. The second kappa shape index (κ2) is 7.34. The van der Waals surface area contributed by atoms with E-state index in [4.69, 9.17) is 15.7 Å². The van der Waals surface area contributed by atoms with E-state index < -0.39 is 11.7 Å². The first-order valence-corrected chi connectivity index (χ1v) is 5.80. The van der Waals surface area contributed by atoms with Gasteiger partial charge < -0.3 is 15.4 Å². The summed E-state index contributed by atoms with van der Waals surface area (Å²) < 4.78 is 18.6. The van der Waals surface area contributed by atoms with Gasteiger partial charge in [-0.25, -0.2) is 4.39 Å². The lowest BCUT2D eigenvalue weighted by Crippen LogP contribution is -2.35. The molecule has 0 unspecified atom stereocenters. The van der Waals surface area contributed by atoms with Gasteiger partial charge in [0.25, 0.3) is 5.91 Å². The predicted molar refractivity (Wildman–Crippen MR) is 68.8 cm³/mol. The average molecular weight is 265 g/mol. The molecule has 0 atom stereocenters. The van der Waals surface area contributed by atoms with Crippen LogP contribution in [0.4, 0.5) is 10.1 Å². The molecule has 0 aliphatic carbocycles. The zero-order chi connectivity index (χ0) is 14.3. The highest BCUT2D eigenvalue weighted by atomic mass is 19.1. The van der Waals surface area contributed by atoms with Crippen LogP contribution in [0.25, 0.3) is 0 Å². The van der Waals surface area contributed by atoms with Crippen molar-refractivity contribution in [3.05, 3.63) is 29.6 Å². The van der Waals surface area contributed by atoms with E-state index in [9.17, 15) is 9.18 Å². The summed E-state index contributed by atoms with van der Waals surface area (Å²) in [4.78, 5) is 13.6. The second-order valence-electron chi connectivity index (χ2n) is 3.93. The lowest BCUT2D eigenvalue weighted by molar-refractivity contribution is 0.0695. The van der Waals surface area contributed by atoms with Crippen LogP contribution in [-0.4, -0.2) is 37.6 Å². The molecule has 5 nitrogen and oxygen atoms in total. The lowest BCUT2D eigenvalue weighted by atomic mass is 10.1. The number of nitrogens with two attached hydrogens (primary N) is 1. The van der Waals surface area contributed by atoms with Crippen molar-refractivity contribution in [2.45, 2.75) is 6.42 Å². The molecule has 0 radical (unpaired) electrons. The van der Waals surface area contributed by atoms with Crippen LogP contribution in [0.5, 0.6) is 0 Å². The molecule has 102 valence electrons. The number of hydrogen-bond acceptors (Lipinski definition) is 4.